The highest BCUT2D eigenvalue weighted by atomic mass is 35.5. The molecule has 0 aliphatic heterocycles. The average molecular weight is 345 g/mol. The highest BCUT2D eigenvalue weighted by Crippen LogP contribution is 2.35. The third-order valence-corrected chi connectivity index (χ3v) is 4.69. The molecule has 2 aromatic rings. The first-order valence-electron chi connectivity index (χ1n) is 8.41. The largest absolute Gasteiger partial charge is 0.399 e. The maximum absolute atomic E-state index is 12.5. The van der Waals surface area contributed by atoms with Crippen LogP contribution in [0.15, 0.2) is 54.6 Å². The van der Waals surface area contributed by atoms with Crippen LogP contribution in [0.1, 0.15) is 42.9 Å². The maximum atomic E-state index is 12.5. The van der Waals surface area contributed by atoms with E-state index < -0.39 is 0 Å². The molecule has 24 heavy (non-hydrogen) atoms. The summed E-state index contributed by atoms with van der Waals surface area (Å²) in [5.41, 5.74) is 8.63. The summed E-state index contributed by atoms with van der Waals surface area (Å²) in [4.78, 5) is 12.5. The maximum Gasteiger partial charge on any atom is 0.224 e. The second-order valence-corrected chi connectivity index (χ2v) is 6.42. The molecule has 1 aliphatic carbocycles. The highest BCUT2D eigenvalue weighted by molar-refractivity contribution is 5.85. The minimum Gasteiger partial charge on any atom is -0.399 e. The fourth-order valence-electron chi connectivity index (χ4n) is 3.47. The second kappa shape index (κ2) is 8.74. The smallest absolute Gasteiger partial charge is 0.224 e. The van der Waals surface area contributed by atoms with Gasteiger partial charge in [0, 0.05) is 5.69 Å². The molecule has 0 aromatic heterocycles. The lowest BCUT2D eigenvalue weighted by Gasteiger charge is -2.25. The van der Waals surface area contributed by atoms with Crippen LogP contribution in [0.25, 0.3) is 0 Å². The molecule has 3 nitrogen and oxygen atoms in total. The van der Waals surface area contributed by atoms with E-state index in [0.29, 0.717) is 12.3 Å². The van der Waals surface area contributed by atoms with Gasteiger partial charge in [-0.05, 0) is 42.0 Å². The number of nitrogens with one attached hydrogen (secondary N) is 1. The van der Waals surface area contributed by atoms with Crippen LogP contribution in [0.4, 0.5) is 5.69 Å². The molecule has 0 saturated heterocycles. The van der Waals surface area contributed by atoms with Crippen LogP contribution in [-0.2, 0) is 11.2 Å². The number of nitrogen functional groups attached to an aromatic ring is 1. The number of carbonyl (C=O) groups excluding carboxylic acids is 1. The number of amides is 1. The number of rotatable bonds is 5. The molecule has 128 valence electrons. The van der Waals surface area contributed by atoms with Crippen LogP contribution in [0.3, 0.4) is 0 Å². The summed E-state index contributed by atoms with van der Waals surface area (Å²) in [6.07, 6.45) is 5.32. The van der Waals surface area contributed by atoms with Gasteiger partial charge in [0.2, 0.25) is 5.91 Å². The van der Waals surface area contributed by atoms with E-state index in [1.165, 1.54) is 31.2 Å². The molecule has 0 spiro atoms. The molecule has 1 fully saturated rings. The van der Waals surface area contributed by atoms with Crippen LogP contribution in [0, 0.1) is 5.92 Å². The van der Waals surface area contributed by atoms with Crippen molar-refractivity contribution in [2.24, 2.45) is 5.92 Å². The van der Waals surface area contributed by atoms with Gasteiger partial charge in [0.1, 0.15) is 0 Å². The summed E-state index contributed by atoms with van der Waals surface area (Å²) >= 11 is 0. The van der Waals surface area contributed by atoms with E-state index >= 15 is 0 Å². The van der Waals surface area contributed by atoms with Gasteiger partial charge in [0.25, 0.3) is 0 Å². The van der Waals surface area contributed by atoms with Crippen LogP contribution >= 0.6 is 12.4 Å². The van der Waals surface area contributed by atoms with Gasteiger partial charge in [-0.15, -0.1) is 12.4 Å². The van der Waals surface area contributed by atoms with Crippen molar-refractivity contribution in [3.05, 3.63) is 65.7 Å². The minimum atomic E-state index is 0. The number of hydrogen-bond acceptors (Lipinski definition) is 2. The molecule has 1 aliphatic rings. The van der Waals surface area contributed by atoms with Crippen molar-refractivity contribution < 1.29 is 4.79 Å². The van der Waals surface area contributed by atoms with Crippen LogP contribution in [0.2, 0.25) is 0 Å². The zero-order chi connectivity index (χ0) is 16.1. The van der Waals surface area contributed by atoms with Crippen molar-refractivity contribution in [1.29, 1.82) is 0 Å². The summed E-state index contributed by atoms with van der Waals surface area (Å²) in [5.74, 6) is 0.628. The van der Waals surface area contributed by atoms with Gasteiger partial charge in [-0.2, -0.15) is 0 Å². The molecule has 3 N–H and O–H groups in total. The normalized spacial score (nSPS) is 15.5. The van der Waals surface area contributed by atoms with E-state index in [1.54, 1.807) is 0 Å². The van der Waals surface area contributed by atoms with Gasteiger partial charge in [0.05, 0.1) is 12.5 Å². The van der Waals surface area contributed by atoms with Gasteiger partial charge >= 0.3 is 0 Å². The third-order valence-electron chi connectivity index (χ3n) is 4.69. The second-order valence-electron chi connectivity index (χ2n) is 6.42. The molecule has 1 atom stereocenters. The van der Waals surface area contributed by atoms with Gasteiger partial charge in [-0.1, -0.05) is 55.3 Å². The van der Waals surface area contributed by atoms with Gasteiger partial charge in [-0.3, -0.25) is 4.79 Å². The van der Waals surface area contributed by atoms with E-state index in [4.69, 9.17) is 5.73 Å². The van der Waals surface area contributed by atoms with Crippen molar-refractivity contribution in [2.45, 2.75) is 38.1 Å². The minimum absolute atomic E-state index is 0. The predicted octanol–water partition coefficient (Wildman–Crippen LogP) is 4.28. The van der Waals surface area contributed by atoms with E-state index in [2.05, 4.69) is 17.4 Å². The number of anilines is 1. The lowest BCUT2D eigenvalue weighted by Crippen LogP contribution is -2.33. The molecular formula is C20H25ClN2O. The first-order chi connectivity index (χ1) is 11.2. The molecule has 1 amide bonds. The lowest BCUT2D eigenvalue weighted by molar-refractivity contribution is -0.121. The number of halogens is 1. The summed E-state index contributed by atoms with van der Waals surface area (Å²) in [5, 5.41) is 3.27. The van der Waals surface area contributed by atoms with E-state index in [-0.39, 0.29) is 24.4 Å². The summed E-state index contributed by atoms with van der Waals surface area (Å²) < 4.78 is 0. The number of nitrogens with two attached hydrogens (primary N) is 1. The first-order valence-corrected chi connectivity index (χ1v) is 8.41. The Morgan fingerprint density at radius 3 is 2.29 bits per heavy atom. The molecule has 4 heteroatoms. The number of hydrogen-bond donors (Lipinski definition) is 2. The first kappa shape index (κ1) is 18.3. The Hall–Kier alpha value is -2.00. The van der Waals surface area contributed by atoms with Crippen LogP contribution in [-0.4, -0.2) is 5.91 Å². The Balaban J connectivity index is 0.00000208. The summed E-state index contributed by atoms with van der Waals surface area (Å²) in [6, 6.07) is 18.0. The highest BCUT2D eigenvalue weighted by Gasteiger charge is 2.27. The molecule has 1 saturated carbocycles. The lowest BCUT2D eigenvalue weighted by atomic mass is 9.91. The predicted molar refractivity (Wildman–Crippen MR) is 101 cm³/mol. The number of benzene rings is 2. The van der Waals surface area contributed by atoms with E-state index in [9.17, 15) is 4.79 Å². The van der Waals surface area contributed by atoms with Crippen LogP contribution in [0.5, 0.6) is 0 Å². The SMILES string of the molecule is Cl.Nc1ccc(CC(=O)NC(c2ccccc2)C2CCCC2)cc1. The molecule has 0 bridgehead atoms. The van der Waals surface area contributed by atoms with Crippen molar-refractivity contribution >= 4 is 24.0 Å². The Bertz CT molecular complexity index is 636. The van der Waals surface area contributed by atoms with Gasteiger partial charge in [-0.25, -0.2) is 0 Å². The Labute approximate surface area is 150 Å². The molecule has 3 rings (SSSR count). The molecule has 0 heterocycles. The standard InChI is InChI=1S/C20H24N2O.ClH/c21-18-12-10-15(11-13-18)14-19(23)22-20(17-8-4-5-9-17)16-6-2-1-3-7-16;/h1-3,6-7,10-13,17,20H,4-5,8-9,14,21H2,(H,22,23);1H. The third kappa shape index (κ3) is 4.75. The van der Waals surface area contributed by atoms with Crippen molar-refractivity contribution in [3.8, 4) is 0 Å². The Morgan fingerprint density at radius 1 is 1.04 bits per heavy atom. The quantitative estimate of drug-likeness (QED) is 0.795. The number of carbonyl (C=O) groups is 1. The summed E-state index contributed by atoms with van der Waals surface area (Å²) in [7, 11) is 0. The molecule has 0 radical (unpaired) electrons. The van der Waals surface area contributed by atoms with Crippen molar-refractivity contribution in [3.63, 3.8) is 0 Å². The molecule has 1 unspecified atom stereocenters. The molecule has 2 aromatic carbocycles. The van der Waals surface area contributed by atoms with Crippen molar-refractivity contribution in [2.75, 3.05) is 5.73 Å². The Morgan fingerprint density at radius 2 is 1.67 bits per heavy atom. The van der Waals surface area contributed by atoms with Gasteiger partial charge < -0.3 is 11.1 Å². The molecular weight excluding hydrogens is 320 g/mol. The Kier molecular flexibility index (Phi) is 6.68. The zero-order valence-electron chi connectivity index (χ0n) is 13.8. The van der Waals surface area contributed by atoms with E-state index in [1.807, 2.05) is 42.5 Å². The van der Waals surface area contributed by atoms with E-state index in [0.717, 1.165) is 11.3 Å². The van der Waals surface area contributed by atoms with Gasteiger partial charge in [0.15, 0.2) is 0 Å². The fourth-order valence-corrected chi connectivity index (χ4v) is 3.47. The monoisotopic (exact) mass is 344 g/mol. The van der Waals surface area contributed by atoms with Crippen LogP contribution < -0.4 is 11.1 Å². The fraction of sp³-hybridized carbons (Fsp3) is 0.350. The zero-order valence-corrected chi connectivity index (χ0v) is 14.6. The topological polar surface area (TPSA) is 55.1 Å². The summed E-state index contributed by atoms with van der Waals surface area (Å²) in [6.45, 7) is 0. The van der Waals surface area contributed by atoms with Crippen molar-refractivity contribution in [1.82, 2.24) is 5.32 Å². The average Bonchev–Trinajstić information content (AvgIpc) is 3.10.